The Morgan fingerprint density at radius 3 is 2.62 bits per heavy atom. The number of halogens is 1. The van der Waals surface area contributed by atoms with Crippen LogP contribution in [0.25, 0.3) is 11.0 Å². The van der Waals surface area contributed by atoms with Gasteiger partial charge >= 0.3 is 0 Å². The molecule has 0 saturated heterocycles. The van der Waals surface area contributed by atoms with E-state index in [1.54, 1.807) is 10.9 Å². The maximum atomic E-state index is 6.24. The van der Waals surface area contributed by atoms with Crippen molar-refractivity contribution < 1.29 is 4.63 Å². The molecule has 3 heterocycles. The fourth-order valence-electron chi connectivity index (χ4n) is 1.91. The van der Waals surface area contributed by atoms with Crippen LogP contribution in [0.2, 0.25) is 5.15 Å². The van der Waals surface area contributed by atoms with Crippen molar-refractivity contribution in [3.63, 3.8) is 0 Å². The second-order valence-corrected chi connectivity index (χ2v) is 6.28. The lowest BCUT2D eigenvalue weighted by atomic mass is 9.96. The molecule has 0 aliphatic heterocycles. The zero-order chi connectivity index (χ0) is 15.2. The Morgan fingerprint density at radius 1 is 1.24 bits per heavy atom. The summed E-state index contributed by atoms with van der Waals surface area (Å²) in [6.07, 6.45) is 1.66. The minimum atomic E-state index is -0.196. The maximum absolute atomic E-state index is 6.24. The lowest BCUT2D eigenvalue weighted by Crippen LogP contribution is -2.17. The van der Waals surface area contributed by atoms with Crippen LogP contribution >= 0.6 is 11.6 Å². The van der Waals surface area contributed by atoms with Gasteiger partial charge < -0.3 is 0 Å². The molecule has 0 unspecified atom stereocenters. The first-order chi connectivity index (χ1) is 9.86. The zero-order valence-electron chi connectivity index (χ0n) is 12.3. The molecule has 0 spiro atoms. The molecule has 0 radical (unpaired) electrons. The molecule has 0 saturated carbocycles. The molecule has 0 fully saturated rings. The Bertz CT molecular complexity index is 801. The largest absolute Gasteiger partial charge is 0.244 e. The monoisotopic (exact) mass is 306 g/mol. The van der Waals surface area contributed by atoms with Crippen LogP contribution in [0.1, 0.15) is 38.0 Å². The van der Waals surface area contributed by atoms with Crippen LogP contribution in [0.5, 0.6) is 0 Å². The van der Waals surface area contributed by atoms with Crippen LogP contribution in [0.15, 0.2) is 10.8 Å². The summed E-state index contributed by atoms with van der Waals surface area (Å²) < 4.78 is 6.43. The molecule has 0 N–H and O–H groups in total. The van der Waals surface area contributed by atoms with Gasteiger partial charge in [0.2, 0.25) is 0 Å². The van der Waals surface area contributed by atoms with Gasteiger partial charge in [-0.05, 0) is 6.92 Å². The number of hydrogen-bond donors (Lipinski definition) is 0. The zero-order valence-corrected chi connectivity index (χ0v) is 13.0. The van der Waals surface area contributed by atoms with E-state index in [-0.39, 0.29) is 5.41 Å². The van der Waals surface area contributed by atoms with Crippen LogP contribution in [0.4, 0.5) is 0 Å². The normalized spacial score (nSPS) is 12.2. The molecule has 110 valence electrons. The highest BCUT2D eigenvalue weighted by Crippen LogP contribution is 2.26. The van der Waals surface area contributed by atoms with E-state index in [1.165, 1.54) is 0 Å². The first kappa shape index (κ1) is 13.9. The van der Waals surface area contributed by atoms with E-state index in [2.05, 4.69) is 25.4 Å². The van der Waals surface area contributed by atoms with Gasteiger partial charge in [0.1, 0.15) is 22.4 Å². The summed E-state index contributed by atoms with van der Waals surface area (Å²) in [5, 5.41) is 13.1. The fourth-order valence-corrected chi connectivity index (χ4v) is 2.12. The van der Waals surface area contributed by atoms with Gasteiger partial charge in [-0.25, -0.2) is 19.3 Å². The Hall–Kier alpha value is -2.02. The summed E-state index contributed by atoms with van der Waals surface area (Å²) in [4.78, 5) is 8.96. The Morgan fingerprint density at radius 2 is 2.00 bits per heavy atom. The van der Waals surface area contributed by atoms with Gasteiger partial charge in [-0.1, -0.05) is 42.7 Å². The van der Waals surface area contributed by atoms with Crippen LogP contribution in [0, 0.1) is 6.92 Å². The quantitative estimate of drug-likeness (QED) is 0.677. The smallest absolute Gasteiger partial charge is 0.163 e. The number of aryl methyl sites for hydroxylation is 1. The van der Waals surface area contributed by atoms with E-state index in [9.17, 15) is 0 Å². The van der Waals surface area contributed by atoms with E-state index in [1.807, 2.05) is 27.7 Å². The van der Waals surface area contributed by atoms with Crippen molar-refractivity contribution in [3.8, 4) is 0 Å². The van der Waals surface area contributed by atoms with Gasteiger partial charge in [-0.2, -0.15) is 5.10 Å². The van der Waals surface area contributed by atoms with Crippen LogP contribution in [-0.4, -0.2) is 30.1 Å². The third-order valence-corrected chi connectivity index (χ3v) is 3.45. The van der Waals surface area contributed by atoms with Gasteiger partial charge in [0.15, 0.2) is 5.65 Å². The minimum Gasteiger partial charge on any atom is -0.244 e. The molecule has 0 bridgehead atoms. The second kappa shape index (κ2) is 4.77. The van der Waals surface area contributed by atoms with Gasteiger partial charge in [-0.15, -0.1) is 0 Å². The summed E-state index contributed by atoms with van der Waals surface area (Å²) in [7, 11) is 0. The molecule has 3 aromatic heterocycles. The number of nitrogens with zero attached hydrogens (tertiary/aromatic N) is 6. The van der Waals surface area contributed by atoms with Crippen molar-refractivity contribution in [2.75, 3.05) is 0 Å². The Labute approximate surface area is 126 Å². The molecule has 0 aliphatic carbocycles. The summed E-state index contributed by atoms with van der Waals surface area (Å²) in [5.74, 6) is 0.678. The number of fused-ring (bicyclic) bond motifs is 1. The topological polar surface area (TPSA) is 82.5 Å². The van der Waals surface area contributed by atoms with Crippen molar-refractivity contribution in [2.45, 2.75) is 39.7 Å². The first-order valence-electron chi connectivity index (χ1n) is 6.54. The number of rotatable bonds is 2. The average molecular weight is 307 g/mol. The second-order valence-electron chi connectivity index (χ2n) is 5.92. The van der Waals surface area contributed by atoms with Crippen molar-refractivity contribution in [3.05, 3.63) is 28.6 Å². The van der Waals surface area contributed by atoms with Crippen molar-refractivity contribution in [1.29, 1.82) is 0 Å². The molecular weight excluding hydrogens is 292 g/mol. The van der Waals surface area contributed by atoms with Crippen LogP contribution < -0.4 is 0 Å². The lowest BCUT2D eigenvalue weighted by Gasteiger charge is -2.16. The standard InChI is InChI=1S/C13H15ClN6O/c1-7-9(19-21-18-7)6-20-11-8(5-15-20)10(14)16-12(17-11)13(2,3)4/h5H,6H2,1-4H3. The third-order valence-electron chi connectivity index (χ3n) is 3.17. The minimum absolute atomic E-state index is 0.196. The molecular formula is C13H15ClN6O. The molecule has 3 rings (SSSR count). The number of aromatic nitrogens is 6. The highest BCUT2D eigenvalue weighted by atomic mass is 35.5. The predicted octanol–water partition coefficient (Wildman–Crippen LogP) is 2.52. The Balaban J connectivity index is 2.12. The SMILES string of the molecule is Cc1nonc1Cn1ncc2c(Cl)nc(C(C)(C)C)nc21. The third kappa shape index (κ3) is 2.49. The highest BCUT2D eigenvalue weighted by Gasteiger charge is 2.21. The molecule has 0 aliphatic rings. The molecule has 0 amide bonds. The first-order valence-corrected chi connectivity index (χ1v) is 6.91. The van der Waals surface area contributed by atoms with Crippen molar-refractivity contribution in [1.82, 2.24) is 30.1 Å². The van der Waals surface area contributed by atoms with E-state index < -0.39 is 0 Å². The molecule has 3 aromatic rings. The fraction of sp³-hybridized carbons (Fsp3) is 0.462. The van der Waals surface area contributed by atoms with Gasteiger partial charge in [0.25, 0.3) is 0 Å². The van der Waals surface area contributed by atoms with Crippen LogP contribution in [0.3, 0.4) is 0 Å². The Kier molecular flexibility index (Phi) is 3.16. The van der Waals surface area contributed by atoms with E-state index >= 15 is 0 Å². The highest BCUT2D eigenvalue weighted by molar-refractivity contribution is 6.33. The molecule has 7 nitrogen and oxygen atoms in total. The van der Waals surface area contributed by atoms with Gasteiger partial charge in [-0.3, -0.25) is 0 Å². The maximum Gasteiger partial charge on any atom is 0.163 e. The molecule has 8 heteroatoms. The summed E-state index contributed by atoms with van der Waals surface area (Å²) in [5.41, 5.74) is 1.93. The average Bonchev–Trinajstić information content (AvgIpc) is 2.97. The van der Waals surface area contributed by atoms with E-state index in [4.69, 9.17) is 16.2 Å². The van der Waals surface area contributed by atoms with Crippen LogP contribution in [-0.2, 0) is 12.0 Å². The van der Waals surface area contributed by atoms with Gasteiger partial charge in [0.05, 0.1) is 18.1 Å². The van der Waals surface area contributed by atoms with Crippen molar-refractivity contribution >= 4 is 22.6 Å². The lowest BCUT2D eigenvalue weighted by molar-refractivity contribution is 0.300. The van der Waals surface area contributed by atoms with E-state index in [0.29, 0.717) is 28.9 Å². The predicted molar refractivity (Wildman–Crippen MR) is 77.2 cm³/mol. The molecule has 0 aromatic carbocycles. The molecule has 0 atom stereocenters. The van der Waals surface area contributed by atoms with Crippen molar-refractivity contribution in [2.24, 2.45) is 0 Å². The van der Waals surface area contributed by atoms with Gasteiger partial charge in [0, 0.05) is 5.41 Å². The summed E-state index contributed by atoms with van der Waals surface area (Å²) >= 11 is 6.24. The summed E-state index contributed by atoms with van der Waals surface area (Å²) in [6.45, 7) is 8.38. The molecule has 21 heavy (non-hydrogen) atoms. The summed E-state index contributed by atoms with van der Waals surface area (Å²) in [6, 6.07) is 0. The number of hydrogen-bond acceptors (Lipinski definition) is 6. The van der Waals surface area contributed by atoms with E-state index in [0.717, 1.165) is 11.1 Å².